The number of guanidine groups is 1. The molecule has 31 heavy (non-hydrogen) atoms. The number of halogens is 1. The molecule has 0 saturated heterocycles. The molecule has 2 aromatic rings. The summed E-state index contributed by atoms with van der Waals surface area (Å²) in [5, 5.41) is 6.60. The van der Waals surface area contributed by atoms with Gasteiger partial charge in [0, 0.05) is 32.7 Å². The number of benzene rings is 2. The van der Waals surface area contributed by atoms with Crippen molar-refractivity contribution in [3.05, 3.63) is 65.7 Å². The third-order valence-corrected chi connectivity index (χ3v) is 6.50. The average Bonchev–Trinajstić information content (AvgIpc) is 2.76. The first-order valence-corrected chi connectivity index (χ1v) is 11.5. The van der Waals surface area contributed by atoms with Gasteiger partial charge in [0.05, 0.1) is 4.90 Å². The van der Waals surface area contributed by atoms with E-state index in [1.165, 1.54) is 12.6 Å². The molecule has 1 atom stereocenters. The highest BCUT2D eigenvalue weighted by Crippen LogP contribution is 2.10. The van der Waals surface area contributed by atoms with E-state index < -0.39 is 10.0 Å². The third-order valence-electron chi connectivity index (χ3n) is 5.07. The van der Waals surface area contributed by atoms with E-state index in [-0.39, 0.29) is 28.9 Å². The predicted molar refractivity (Wildman–Crippen MR) is 138 cm³/mol. The van der Waals surface area contributed by atoms with Gasteiger partial charge >= 0.3 is 0 Å². The number of hydrogen-bond acceptors (Lipinski definition) is 4. The Morgan fingerprint density at radius 2 is 1.68 bits per heavy atom. The molecule has 0 saturated carbocycles. The molecule has 172 valence electrons. The molecule has 2 aromatic carbocycles. The molecule has 1 unspecified atom stereocenters. The van der Waals surface area contributed by atoms with Crippen molar-refractivity contribution in [3.63, 3.8) is 0 Å². The fourth-order valence-corrected chi connectivity index (χ4v) is 3.69. The van der Waals surface area contributed by atoms with Gasteiger partial charge < -0.3 is 10.6 Å². The average molecular weight is 560 g/mol. The van der Waals surface area contributed by atoms with E-state index in [4.69, 9.17) is 0 Å². The number of aliphatic imine (C=N–C) groups is 1. The van der Waals surface area contributed by atoms with Gasteiger partial charge in [0.25, 0.3) is 0 Å². The van der Waals surface area contributed by atoms with E-state index >= 15 is 0 Å². The summed E-state index contributed by atoms with van der Waals surface area (Å²) in [6, 6.07) is 17.7. The van der Waals surface area contributed by atoms with Crippen LogP contribution in [0.25, 0.3) is 0 Å². The van der Waals surface area contributed by atoms with E-state index in [9.17, 15) is 8.42 Å². The molecule has 0 aliphatic heterocycles. The molecule has 0 aromatic heterocycles. The van der Waals surface area contributed by atoms with Crippen molar-refractivity contribution < 1.29 is 8.42 Å². The first-order chi connectivity index (χ1) is 14.4. The maximum atomic E-state index is 11.8. The largest absolute Gasteiger partial charge is 0.356 e. The van der Waals surface area contributed by atoms with E-state index in [1.54, 1.807) is 31.3 Å². The second kappa shape index (κ2) is 13.7. The lowest BCUT2D eigenvalue weighted by atomic mass is 10.1. The summed E-state index contributed by atoms with van der Waals surface area (Å²) >= 11 is 0. The fourth-order valence-electron chi connectivity index (χ4n) is 2.96. The van der Waals surface area contributed by atoms with Crippen molar-refractivity contribution in [2.45, 2.75) is 37.4 Å². The molecule has 0 bridgehead atoms. The Labute approximate surface area is 203 Å². The topological polar surface area (TPSA) is 85.8 Å². The van der Waals surface area contributed by atoms with Gasteiger partial charge in [-0.05, 0) is 50.7 Å². The van der Waals surface area contributed by atoms with Gasteiger partial charge in [-0.1, -0.05) is 42.5 Å². The van der Waals surface area contributed by atoms with Crippen molar-refractivity contribution in [1.29, 1.82) is 0 Å². The number of nitrogens with zero attached hydrogens (tertiary/aromatic N) is 2. The Morgan fingerprint density at radius 3 is 2.26 bits per heavy atom. The predicted octanol–water partition coefficient (Wildman–Crippen LogP) is 2.79. The quantitative estimate of drug-likeness (QED) is 0.237. The second-order valence-electron chi connectivity index (χ2n) is 7.24. The lowest BCUT2D eigenvalue weighted by molar-refractivity contribution is 0.238. The maximum Gasteiger partial charge on any atom is 0.240 e. The Morgan fingerprint density at radius 1 is 1.03 bits per heavy atom. The summed E-state index contributed by atoms with van der Waals surface area (Å²) in [4.78, 5) is 6.85. The SMILES string of the molecule is CN=C(NCCC(C)N(C)Cc1ccccc1)NCc1ccc(S(=O)(=O)NC)cc1.I. The van der Waals surface area contributed by atoms with Gasteiger partial charge in [-0.15, -0.1) is 24.0 Å². The Hall–Kier alpha value is -1.69. The minimum atomic E-state index is -3.41. The summed E-state index contributed by atoms with van der Waals surface area (Å²) < 4.78 is 25.9. The Kier molecular flexibility index (Phi) is 12.1. The molecular weight excluding hydrogens is 525 g/mol. The molecule has 0 fully saturated rings. The zero-order valence-corrected chi connectivity index (χ0v) is 21.8. The van der Waals surface area contributed by atoms with E-state index in [0.717, 1.165) is 31.0 Å². The van der Waals surface area contributed by atoms with Crippen molar-refractivity contribution in [2.24, 2.45) is 4.99 Å². The van der Waals surface area contributed by atoms with Crippen LogP contribution >= 0.6 is 24.0 Å². The monoisotopic (exact) mass is 559 g/mol. The molecule has 7 nitrogen and oxygen atoms in total. The van der Waals surface area contributed by atoms with Crippen LogP contribution in [-0.2, 0) is 23.1 Å². The lowest BCUT2D eigenvalue weighted by Crippen LogP contribution is -2.39. The first kappa shape index (κ1) is 27.3. The van der Waals surface area contributed by atoms with Gasteiger partial charge in [0.15, 0.2) is 5.96 Å². The van der Waals surface area contributed by atoms with Crippen LogP contribution in [0.5, 0.6) is 0 Å². The fraction of sp³-hybridized carbons (Fsp3) is 0.409. The minimum Gasteiger partial charge on any atom is -0.356 e. The Bertz CT molecular complexity index is 905. The van der Waals surface area contributed by atoms with Crippen molar-refractivity contribution in [3.8, 4) is 0 Å². The number of sulfonamides is 1. The lowest BCUT2D eigenvalue weighted by Gasteiger charge is -2.25. The standard InChI is InChI=1S/C22H33N5O2S.HI/c1-18(27(4)17-20-8-6-5-7-9-20)14-15-25-22(23-2)26-16-19-10-12-21(13-11-19)30(28,29)24-3;/h5-13,18,24H,14-17H2,1-4H3,(H2,23,25,26);1H. The molecule has 2 rings (SSSR count). The second-order valence-corrected chi connectivity index (χ2v) is 9.13. The summed E-state index contributed by atoms with van der Waals surface area (Å²) in [5.74, 6) is 0.722. The van der Waals surface area contributed by atoms with Gasteiger partial charge in [-0.2, -0.15) is 0 Å². The van der Waals surface area contributed by atoms with Crippen LogP contribution < -0.4 is 15.4 Å². The molecule has 0 aliphatic carbocycles. The van der Waals surface area contributed by atoms with Crippen LogP contribution in [0.2, 0.25) is 0 Å². The number of hydrogen-bond donors (Lipinski definition) is 3. The minimum absolute atomic E-state index is 0. The highest BCUT2D eigenvalue weighted by molar-refractivity contribution is 14.0. The Balaban J connectivity index is 0.00000480. The van der Waals surface area contributed by atoms with Crippen molar-refractivity contribution in [2.75, 3.05) is 27.7 Å². The molecule has 0 spiro atoms. The highest BCUT2D eigenvalue weighted by atomic mass is 127. The van der Waals surface area contributed by atoms with Gasteiger partial charge in [0.1, 0.15) is 0 Å². The summed E-state index contributed by atoms with van der Waals surface area (Å²) in [6.07, 6.45) is 0.987. The molecule has 0 radical (unpaired) electrons. The van der Waals surface area contributed by atoms with Gasteiger partial charge in [-0.25, -0.2) is 13.1 Å². The zero-order chi connectivity index (χ0) is 22.0. The van der Waals surface area contributed by atoms with Crippen LogP contribution in [0, 0.1) is 0 Å². The smallest absolute Gasteiger partial charge is 0.240 e. The zero-order valence-electron chi connectivity index (χ0n) is 18.6. The summed E-state index contributed by atoms with van der Waals surface area (Å²) in [7, 11) is 1.88. The highest BCUT2D eigenvalue weighted by Gasteiger charge is 2.11. The molecular formula is C22H34IN5O2S. The van der Waals surface area contributed by atoms with Crippen LogP contribution in [-0.4, -0.2) is 53.0 Å². The third kappa shape index (κ3) is 9.14. The van der Waals surface area contributed by atoms with Crippen molar-refractivity contribution >= 4 is 40.0 Å². The van der Waals surface area contributed by atoms with Crippen LogP contribution in [0.3, 0.4) is 0 Å². The molecule has 9 heteroatoms. The molecule has 0 aliphatic rings. The summed E-state index contributed by atoms with van der Waals surface area (Å²) in [5.41, 5.74) is 2.29. The van der Waals surface area contributed by atoms with E-state index in [0.29, 0.717) is 12.6 Å². The summed E-state index contributed by atoms with van der Waals surface area (Å²) in [6.45, 7) is 4.51. The normalized spacial score (nSPS) is 12.9. The van der Waals surface area contributed by atoms with Crippen molar-refractivity contribution in [1.82, 2.24) is 20.3 Å². The van der Waals surface area contributed by atoms with Gasteiger partial charge in [0.2, 0.25) is 10.0 Å². The maximum absolute atomic E-state index is 11.8. The number of rotatable bonds is 10. The first-order valence-electron chi connectivity index (χ1n) is 10.1. The molecule has 0 amide bonds. The van der Waals surface area contributed by atoms with E-state index in [1.807, 2.05) is 6.07 Å². The molecule has 0 heterocycles. The van der Waals surface area contributed by atoms with E-state index in [2.05, 4.69) is 63.5 Å². The van der Waals surface area contributed by atoms with Crippen LogP contribution in [0.15, 0.2) is 64.5 Å². The molecule has 3 N–H and O–H groups in total. The van der Waals surface area contributed by atoms with Gasteiger partial charge in [-0.3, -0.25) is 9.89 Å². The number of nitrogens with one attached hydrogen (secondary N) is 3. The van der Waals surface area contributed by atoms with Crippen LogP contribution in [0.4, 0.5) is 0 Å². The van der Waals surface area contributed by atoms with Crippen LogP contribution in [0.1, 0.15) is 24.5 Å².